The fraction of sp³-hybridized carbons (Fsp3) is 0.400. The van der Waals surface area contributed by atoms with Gasteiger partial charge in [0.25, 0.3) is 0 Å². The van der Waals surface area contributed by atoms with Gasteiger partial charge in [-0.25, -0.2) is 9.97 Å². The Balaban J connectivity index is 2.15. The van der Waals surface area contributed by atoms with Gasteiger partial charge in [-0.15, -0.1) is 11.3 Å². The summed E-state index contributed by atoms with van der Waals surface area (Å²) < 4.78 is 37.4. The molecule has 0 aliphatic heterocycles. The molecule has 3 nitrogen and oxygen atoms in total. The number of thiophene rings is 1. The molecule has 0 saturated heterocycles. The topological polar surface area (TPSA) is 37.8 Å². The van der Waals surface area contributed by atoms with Crippen molar-refractivity contribution in [3.05, 3.63) is 17.8 Å². The summed E-state index contributed by atoms with van der Waals surface area (Å²) in [5.74, 6) is 0.460. The fourth-order valence-corrected chi connectivity index (χ4v) is 2.32. The van der Waals surface area contributed by atoms with Crippen molar-refractivity contribution in [2.75, 3.05) is 5.32 Å². The van der Waals surface area contributed by atoms with E-state index in [-0.39, 0.29) is 0 Å². The lowest BCUT2D eigenvalue weighted by atomic mass is 10.2. The van der Waals surface area contributed by atoms with E-state index in [2.05, 4.69) is 15.3 Å². The highest BCUT2D eigenvalue weighted by Crippen LogP contribution is 2.27. The number of hydrogen-bond acceptors (Lipinski definition) is 4. The summed E-state index contributed by atoms with van der Waals surface area (Å²) in [5.41, 5.74) is 0.742. The van der Waals surface area contributed by atoms with Crippen LogP contribution < -0.4 is 5.32 Å². The van der Waals surface area contributed by atoms with Crippen molar-refractivity contribution in [3.63, 3.8) is 0 Å². The number of anilines is 1. The third-order valence-electron chi connectivity index (χ3n) is 2.16. The van der Waals surface area contributed by atoms with Gasteiger partial charge in [-0.1, -0.05) is 0 Å². The minimum atomic E-state index is -4.17. The minimum Gasteiger partial charge on any atom is -0.366 e. The quantitative estimate of drug-likeness (QED) is 0.919. The van der Waals surface area contributed by atoms with E-state index in [1.807, 2.05) is 5.38 Å². The van der Waals surface area contributed by atoms with E-state index in [0.29, 0.717) is 5.82 Å². The SMILES string of the molecule is CC(CC(F)(F)F)Nc1ncnc2ccsc12. The van der Waals surface area contributed by atoms with Crippen molar-refractivity contribution in [1.82, 2.24) is 9.97 Å². The first-order valence-corrected chi connectivity index (χ1v) is 5.85. The number of hydrogen-bond donors (Lipinski definition) is 1. The predicted molar refractivity (Wildman–Crippen MR) is 61.2 cm³/mol. The van der Waals surface area contributed by atoms with Crippen molar-refractivity contribution in [2.45, 2.75) is 25.6 Å². The Labute approximate surface area is 99.7 Å². The maximum absolute atomic E-state index is 12.2. The Morgan fingerprint density at radius 3 is 2.88 bits per heavy atom. The molecule has 2 heterocycles. The molecular weight excluding hydrogens is 251 g/mol. The molecule has 92 valence electrons. The zero-order valence-corrected chi connectivity index (χ0v) is 9.77. The summed E-state index contributed by atoms with van der Waals surface area (Å²) in [6.45, 7) is 1.48. The third kappa shape index (κ3) is 3.06. The van der Waals surface area contributed by atoms with Crippen molar-refractivity contribution < 1.29 is 13.2 Å². The van der Waals surface area contributed by atoms with Crippen LogP contribution in [0, 0.1) is 0 Å². The Bertz CT molecular complexity index is 509. The number of rotatable bonds is 3. The molecule has 2 aromatic rings. The maximum Gasteiger partial charge on any atom is 0.391 e. The first kappa shape index (κ1) is 12.1. The van der Waals surface area contributed by atoms with Crippen molar-refractivity contribution >= 4 is 27.4 Å². The van der Waals surface area contributed by atoms with E-state index >= 15 is 0 Å². The molecule has 0 amide bonds. The van der Waals surface area contributed by atoms with Crippen LogP contribution in [0.25, 0.3) is 10.2 Å². The Morgan fingerprint density at radius 2 is 2.18 bits per heavy atom. The van der Waals surface area contributed by atoms with Gasteiger partial charge in [0.2, 0.25) is 0 Å². The smallest absolute Gasteiger partial charge is 0.366 e. The first-order chi connectivity index (χ1) is 7.96. The van der Waals surface area contributed by atoms with E-state index in [1.54, 1.807) is 6.07 Å². The lowest BCUT2D eigenvalue weighted by molar-refractivity contribution is -0.136. The highest BCUT2D eigenvalue weighted by Gasteiger charge is 2.30. The van der Waals surface area contributed by atoms with E-state index in [4.69, 9.17) is 0 Å². The molecule has 2 aromatic heterocycles. The molecule has 0 saturated carbocycles. The first-order valence-electron chi connectivity index (χ1n) is 4.97. The van der Waals surface area contributed by atoms with Gasteiger partial charge in [0.1, 0.15) is 12.1 Å². The summed E-state index contributed by atoms with van der Waals surface area (Å²) >= 11 is 1.41. The summed E-state index contributed by atoms with van der Waals surface area (Å²) in [6.07, 6.45) is -3.71. The summed E-state index contributed by atoms with van der Waals surface area (Å²) in [7, 11) is 0. The van der Waals surface area contributed by atoms with Gasteiger partial charge in [-0.05, 0) is 18.4 Å². The molecular formula is C10H10F3N3S. The number of aromatic nitrogens is 2. The van der Waals surface area contributed by atoms with Gasteiger partial charge in [0.15, 0.2) is 0 Å². The van der Waals surface area contributed by atoms with Crippen LogP contribution in [0.15, 0.2) is 17.8 Å². The van der Waals surface area contributed by atoms with Crippen LogP contribution >= 0.6 is 11.3 Å². The number of halogens is 3. The van der Waals surface area contributed by atoms with Crippen LogP contribution in [0.5, 0.6) is 0 Å². The lowest BCUT2D eigenvalue weighted by Crippen LogP contribution is -2.24. The molecule has 7 heteroatoms. The van der Waals surface area contributed by atoms with Crippen molar-refractivity contribution in [2.24, 2.45) is 0 Å². The molecule has 1 N–H and O–H groups in total. The largest absolute Gasteiger partial charge is 0.391 e. The summed E-state index contributed by atoms with van der Waals surface area (Å²) in [6, 6.07) is 1.09. The lowest BCUT2D eigenvalue weighted by Gasteiger charge is -2.16. The second kappa shape index (κ2) is 4.48. The molecule has 0 aliphatic carbocycles. The average molecular weight is 261 g/mol. The molecule has 0 radical (unpaired) electrons. The summed E-state index contributed by atoms with van der Waals surface area (Å²) in [5, 5.41) is 4.60. The Morgan fingerprint density at radius 1 is 1.41 bits per heavy atom. The van der Waals surface area contributed by atoms with Crippen LogP contribution in [0.4, 0.5) is 19.0 Å². The zero-order chi connectivity index (χ0) is 12.5. The second-order valence-corrected chi connectivity index (χ2v) is 4.64. The third-order valence-corrected chi connectivity index (χ3v) is 3.07. The Kier molecular flexibility index (Phi) is 3.19. The minimum absolute atomic E-state index is 0.460. The molecule has 0 bridgehead atoms. The molecule has 0 spiro atoms. The van der Waals surface area contributed by atoms with Crippen LogP contribution in [0.1, 0.15) is 13.3 Å². The molecule has 0 aromatic carbocycles. The number of nitrogens with one attached hydrogen (secondary N) is 1. The van der Waals surface area contributed by atoms with Crippen LogP contribution in [-0.2, 0) is 0 Å². The van der Waals surface area contributed by atoms with Gasteiger partial charge in [0.05, 0.1) is 16.6 Å². The van der Waals surface area contributed by atoms with Crippen LogP contribution in [0.3, 0.4) is 0 Å². The highest BCUT2D eigenvalue weighted by molar-refractivity contribution is 7.17. The monoisotopic (exact) mass is 261 g/mol. The highest BCUT2D eigenvalue weighted by atomic mass is 32.1. The molecule has 2 rings (SSSR count). The molecule has 0 aliphatic rings. The Hall–Kier alpha value is -1.37. The second-order valence-electron chi connectivity index (χ2n) is 3.72. The van der Waals surface area contributed by atoms with Gasteiger partial charge in [-0.2, -0.15) is 13.2 Å². The fourth-order valence-electron chi connectivity index (χ4n) is 1.52. The predicted octanol–water partition coefficient (Wildman–Crippen LogP) is 3.44. The van der Waals surface area contributed by atoms with E-state index in [1.165, 1.54) is 24.6 Å². The molecule has 17 heavy (non-hydrogen) atoms. The number of alkyl halides is 3. The average Bonchev–Trinajstić information content (AvgIpc) is 2.63. The van der Waals surface area contributed by atoms with Gasteiger partial charge in [0, 0.05) is 6.04 Å². The van der Waals surface area contributed by atoms with Crippen molar-refractivity contribution in [1.29, 1.82) is 0 Å². The van der Waals surface area contributed by atoms with Crippen molar-refractivity contribution in [3.8, 4) is 0 Å². The number of nitrogens with zero attached hydrogens (tertiary/aromatic N) is 2. The summed E-state index contributed by atoms with van der Waals surface area (Å²) in [4.78, 5) is 7.99. The van der Waals surface area contributed by atoms with E-state index in [9.17, 15) is 13.2 Å². The van der Waals surface area contributed by atoms with E-state index in [0.717, 1.165) is 10.2 Å². The number of fused-ring (bicyclic) bond motifs is 1. The normalized spacial score (nSPS) is 13.9. The zero-order valence-electron chi connectivity index (χ0n) is 8.95. The molecule has 1 unspecified atom stereocenters. The van der Waals surface area contributed by atoms with Gasteiger partial charge < -0.3 is 5.32 Å². The van der Waals surface area contributed by atoms with Gasteiger partial charge in [-0.3, -0.25) is 0 Å². The van der Waals surface area contributed by atoms with Crippen LogP contribution in [-0.4, -0.2) is 22.2 Å². The standard InChI is InChI=1S/C10H10F3N3S/c1-6(4-10(11,12)13)16-9-8-7(2-3-17-8)14-5-15-9/h2-3,5-6H,4H2,1H3,(H,14,15,16). The van der Waals surface area contributed by atoms with Crippen LogP contribution in [0.2, 0.25) is 0 Å². The van der Waals surface area contributed by atoms with E-state index < -0.39 is 18.6 Å². The molecule has 1 atom stereocenters. The molecule has 0 fully saturated rings. The van der Waals surface area contributed by atoms with Gasteiger partial charge >= 0.3 is 6.18 Å². The maximum atomic E-state index is 12.2.